The van der Waals surface area contributed by atoms with Crippen LogP contribution in [0.25, 0.3) is 11.4 Å². The van der Waals surface area contributed by atoms with E-state index in [1.165, 1.54) is 17.0 Å². The number of rotatable bonds is 4. The number of amides is 1. The van der Waals surface area contributed by atoms with Crippen LogP contribution in [0.4, 0.5) is 18.9 Å². The number of halogens is 3. The SMILES string of the molecule is Nc1ccc(-c2nccn2CC(=O)NCC(F)(F)F)cc1. The van der Waals surface area contributed by atoms with Gasteiger partial charge >= 0.3 is 6.18 Å². The summed E-state index contributed by atoms with van der Waals surface area (Å²) < 4.78 is 37.6. The number of nitrogens with zero attached hydrogens (tertiary/aromatic N) is 2. The highest BCUT2D eigenvalue weighted by Gasteiger charge is 2.27. The van der Waals surface area contributed by atoms with Crippen molar-refractivity contribution in [3.05, 3.63) is 36.7 Å². The van der Waals surface area contributed by atoms with Crippen LogP contribution in [0.15, 0.2) is 36.7 Å². The largest absolute Gasteiger partial charge is 0.405 e. The molecular formula is C13H13F3N4O. The normalized spacial score (nSPS) is 11.4. The highest BCUT2D eigenvalue weighted by Crippen LogP contribution is 2.19. The van der Waals surface area contributed by atoms with Gasteiger partial charge in [0.25, 0.3) is 0 Å². The van der Waals surface area contributed by atoms with Crippen LogP contribution < -0.4 is 11.1 Å². The maximum Gasteiger partial charge on any atom is 0.405 e. The summed E-state index contributed by atoms with van der Waals surface area (Å²) in [5, 5.41) is 1.82. The smallest absolute Gasteiger partial charge is 0.399 e. The lowest BCUT2D eigenvalue weighted by molar-refractivity contribution is -0.138. The summed E-state index contributed by atoms with van der Waals surface area (Å²) >= 11 is 0. The zero-order chi connectivity index (χ0) is 15.5. The summed E-state index contributed by atoms with van der Waals surface area (Å²) in [6.07, 6.45) is -1.42. The Hall–Kier alpha value is -2.51. The summed E-state index contributed by atoms with van der Waals surface area (Å²) in [7, 11) is 0. The van der Waals surface area contributed by atoms with Crippen molar-refractivity contribution < 1.29 is 18.0 Å². The summed E-state index contributed by atoms with van der Waals surface area (Å²) in [5.74, 6) is -0.251. The average molecular weight is 298 g/mol. The van der Waals surface area contributed by atoms with Crippen LogP contribution in [0.2, 0.25) is 0 Å². The van der Waals surface area contributed by atoms with E-state index in [1.807, 2.05) is 5.32 Å². The van der Waals surface area contributed by atoms with E-state index in [1.54, 1.807) is 24.3 Å². The molecule has 0 saturated heterocycles. The molecule has 0 bridgehead atoms. The number of hydrogen-bond donors (Lipinski definition) is 2. The molecule has 112 valence electrons. The highest BCUT2D eigenvalue weighted by molar-refractivity contribution is 5.76. The lowest BCUT2D eigenvalue weighted by atomic mass is 10.2. The molecule has 21 heavy (non-hydrogen) atoms. The number of carbonyl (C=O) groups excluding carboxylic acids is 1. The van der Waals surface area contributed by atoms with Crippen molar-refractivity contribution in [3.8, 4) is 11.4 Å². The van der Waals surface area contributed by atoms with Crippen molar-refractivity contribution in [2.45, 2.75) is 12.7 Å². The van der Waals surface area contributed by atoms with E-state index >= 15 is 0 Å². The second-order valence-corrected chi connectivity index (χ2v) is 4.39. The summed E-state index contributed by atoms with van der Waals surface area (Å²) in [6.45, 7) is -1.59. The van der Waals surface area contributed by atoms with Gasteiger partial charge in [-0.2, -0.15) is 13.2 Å². The molecule has 1 aromatic carbocycles. The molecule has 8 heteroatoms. The number of imidazole rings is 1. The first-order valence-electron chi connectivity index (χ1n) is 6.05. The third-order valence-electron chi connectivity index (χ3n) is 2.68. The first-order chi connectivity index (χ1) is 9.85. The van der Waals surface area contributed by atoms with Gasteiger partial charge in [0.2, 0.25) is 5.91 Å². The van der Waals surface area contributed by atoms with E-state index in [4.69, 9.17) is 5.73 Å². The first-order valence-corrected chi connectivity index (χ1v) is 6.05. The van der Waals surface area contributed by atoms with Crippen LogP contribution in [0.3, 0.4) is 0 Å². The van der Waals surface area contributed by atoms with E-state index in [9.17, 15) is 18.0 Å². The Morgan fingerprint density at radius 3 is 2.57 bits per heavy atom. The molecule has 0 atom stereocenters. The fraction of sp³-hybridized carbons (Fsp3) is 0.231. The molecule has 0 fully saturated rings. The lowest BCUT2D eigenvalue weighted by Crippen LogP contribution is -2.35. The van der Waals surface area contributed by atoms with Gasteiger partial charge in [0, 0.05) is 23.6 Å². The number of alkyl halides is 3. The lowest BCUT2D eigenvalue weighted by Gasteiger charge is -2.10. The number of benzene rings is 1. The Morgan fingerprint density at radius 2 is 1.95 bits per heavy atom. The van der Waals surface area contributed by atoms with Crippen molar-refractivity contribution >= 4 is 11.6 Å². The van der Waals surface area contributed by atoms with E-state index in [-0.39, 0.29) is 6.54 Å². The molecule has 0 aliphatic heterocycles. The second kappa shape index (κ2) is 5.86. The molecule has 1 aromatic heterocycles. The van der Waals surface area contributed by atoms with E-state index in [0.29, 0.717) is 11.5 Å². The summed E-state index contributed by atoms with van der Waals surface area (Å²) in [6, 6.07) is 6.81. The Labute approximate surface area is 118 Å². The molecule has 0 unspecified atom stereocenters. The van der Waals surface area contributed by atoms with E-state index < -0.39 is 18.6 Å². The van der Waals surface area contributed by atoms with Gasteiger partial charge in [0.1, 0.15) is 18.9 Å². The van der Waals surface area contributed by atoms with Gasteiger partial charge in [-0.05, 0) is 24.3 Å². The number of nitrogens with two attached hydrogens (primary N) is 1. The van der Waals surface area contributed by atoms with Gasteiger partial charge < -0.3 is 15.6 Å². The zero-order valence-corrected chi connectivity index (χ0v) is 10.9. The van der Waals surface area contributed by atoms with Crippen molar-refractivity contribution in [3.63, 3.8) is 0 Å². The third-order valence-corrected chi connectivity index (χ3v) is 2.68. The van der Waals surface area contributed by atoms with Crippen LogP contribution in [0, 0.1) is 0 Å². The minimum absolute atomic E-state index is 0.240. The van der Waals surface area contributed by atoms with Crippen LogP contribution in [0.1, 0.15) is 0 Å². The minimum atomic E-state index is -4.43. The van der Waals surface area contributed by atoms with Crippen molar-refractivity contribution in [2.75, 3.05) is 12.3 Å². The van der Waals surface area contributed by atoms with Gasteiger partial charge in [0.05, 0.1) is 0 Å². The molecule has 1 amide bonds. The minimum Gasteiger partial charge on any atom is -0.399 e. The summed E-state index contributed by atoms with van der Waals surface area (Å²) in [4.78, 5) is 15.6. The predicted molar refractivity (Wildman–Crippen MR) is 71.1 cm³/mol. The van der Waals surface area contributed by atoms with Crippen molar-refractivity contribution in [2.24, 2.45) is 0 Å². The zero-order valence-electron chi connectivity index (χ0n) is 10.9. The molecule has 2 rings (SSSR count). The Kier molecular flexibility index (Phi) is 4.15. The molecule has 3 N–H and O–H groups in total. The Morgan fingerprint density at radius 1 is 1.29 bits per heavy atom. The van der Waals surface area contributed by atoms with Crippen molar-refractivity contribution in [1.82, 2.24) is 14.9 Å². The molecule has 0 spiro atoms. The topological polar surface area (TPSA) is 72.9 Å². The monoisotopic (exact) mass is 298 g/mol. The second-order valence-electron chi connectivity index (χ2n) is 4.39. The van der Waals surface area contributed by atoms with Crippen LogP contribution in [-0.2, 0) is 11.3 Å². The molecular weight excluding hydrogens is 285 g/mol. The Bertz CT molecular complexity index is 619. The molecule has 0 aliphatic rings. The molecule has 0 saturated carbocycles. The number of carbonyl (C=O) groups is 1. The van der Waals surface area contributed by atoms with Crippen LogP contribution >= 0.6 is 0 Å². The standard InChI is InChI=1S/C13H13F3N4O/c14-13(15,16)8-19-11(21)7-20-6-5-18-12(20)9-1-3-10(17)4-2-9/h1-6H,7-8,17H2,(H,19,21). The number of nitrogen functional groups attached to an aromatic ring is 1. The van der Waals surface area contributed by atoms with Gasteiger partial charge in [-0.1, -0.05) is 0 Å². The first kappa shape index (κ1) is 14.9. The number of aromatic nitrogens is 2. The molecule has 0 radical (unpaired) electrons. The van der Waals surface area contributed by atoms with E-state index in [2.05, 4.69) is 4.98 Å². The van der Waals surface area contributed by atoms with E-state index in [0.717, 1.165) is 5.56 Å². The third kappa shape index (κ3) is 4.23. The highest BCUT2D eigenvalue weighted by atomic mass is 19.4. The maximum absolute atomic E-state index is 12.0. The quantitative estimate of drug-likeness (QED) is 0.846. The van der Waals surface area contributed by atoms with Gasteiger partial charge in [-0.15, -0.1) is 0 Å². The molecule has 0 aliphatic carbocycles. The van der Waals surface area contributed by atoms with Gasteiger partial charge in [-0.25, -0.2) is 4.98 Å². The predicted octanol–water partition coefficient (Wildman–Crippen LogP) is 1.81. The summed E-state index contributed by atoms with van der Waals surface area (Å²) in [5.41, 5.74) is 6.88. The fourth-order valence-corrected chi connectivity index (χ4v) is 1.74. The number of hydrogen-bond acceptors (Lipinski definition) is 3. The maximum atomic E-state index is 12.0. The molecule has 1 heterocycles. The van der Waals surface area contributed by atoms with Crippen LogP contribution in [-0.4, -0.2) is 28.2 Å². The van der Waals surface area contributed by atoms with Gasteiger partial charge in [0.15, 0.2) is 0 Å². The molecule has 2 aromatic rings. The Balaban J connectivity index is 2.07. The van der Waals surface area contributed by atoms with Crippen molar-refractivity contribution in [1.29, 1.82) is 0 Å². The number of nitrogens with one attached hydrogen (secondary N) is 1. The fourth-order valence-electron chi connectivity index (χ4n) is 1.74. The number of anilines is 1. The average Bonchev–Trinajstić information content (AvgIpc) is 2.85. The molecule has 5 nitrogen and oxygen atoms in total. The van der Waals surface area contributed by atoms with Gasteiger partial charge in [-0.3, -0.25) is 4.79 Å². The van der Waals surface area contributed by atoms with Crippen LogP contribution in [0.5, 0.6) is 0 Å².